The van der Waals surface area contributed by atoms with Gasteiger partial charge in [0.25, 0.3) is 0 Å². The highest BCUT2D eigenvalue weighted by molar-refractivity contribution is 7.90. The van der Waals surface area contributed by atoms with Gasteiger partial charge in [0.2, 0.25) is 5.91 Å². The van der Waals surface area contributed by atoms with Crippen molar-refractivity contribution in [2.75, 3.05) is 20.0 Å². The van der Waals surface area contributed by atoms with E-state index >= 15 is 0 Å². The standard InChI is InChI=1S/C18H22N2O4S/c1-24-12-16(19)18(21)20-17(13-7-4-3-5-8-13)14-9-6-10-15(11-14)25(2,22)23/h3-11,16-17H,12,19H2,1-2H3,(H,20,21). The molecule has 2 aromatic carbocycles. The number of benzene rings is 2. The summed E-state index contributed by atoms with van der Waals surface area (Å²) >= 11 is 0. The molecule has 2 rings (SSSR count). The molecule has 0 radical (unpaired) electrons. The van der Waals surface area contributed by atoms with Crippen molar-refractivity contribution in [3.63, 3.8) is 0 Å². The second-order valence-electron chi connectivity index (χ2n) is 5.76. The van der Waals surface area contributed by atoms with E-state index in [1.807, 2.05) is 30.3 Å². The number of nitrogens with one attached hydrogen (secondary N) is 1. The molecule has 0 aromatic heterocycles. The van der Waals surface area contributed by atoms with Crippen LogP contribution < -0.4 is 11.1 Å². The summed E-state index contributed by atoms with van der Waals surface area (Å²) in [5.41, 5.74) is 7.28. The fraction of sp³-hybridized carbons (Fsp3) is 0.278. The lowest BCUT2D eigenvalue weighted by Crippen LogP contribution is -2.45. The van der Waals surface area contributed by atoms with Gasteiger partial charge in [-0.15, -0.1) is 0 Å². The van der Waals surface area contributed by atoms with Crippen LogP contribution in [-0.4, -0.2) is 40.3 Å². The SMILES string of the molecule is COCC(N)C(=O)NC(c1ccccc1)c1cccc(S(C)(=O)=O)c1. The average Bonchev–Trinajstić information content (AvgIpc) is 2.59. The molecule has 0 saturated carbocycles. The Balaban J connectivity index is 2.41. The highest BCUT2D eigenvalue weighted by Gasteiger charge is 2.22. The van der Waals surface area contributed by atoms with Crippen molar-refractivity contribution >= 4 is 15.7 Å². The van der Waals surface area contributed by atoms with Crippen LogP contribution in [0.4, 0.5) is 0 Å². The molecule has 1 amide bonds. The van der Waals surface area contributed by atoms with E-state index < -0.39 is 21.9 Å². The van der Waals surface area contributed by atoms with Crippen LogP contribution >= 0.6 is 0 Å². The van der Waals surface area contributed by atoms with Crippen molar-refractivity contribution in [2.24, 2.45) is 5.73 Å². The van der Waals surface area contributed by atoms with Gasteiger partial charge < -0.3 is 15.8 Å². The number of carbonyl (C=O) groups is 1. The van der Waals surface area contributed by atoms with Gasteiger partial charge in [0.15, 0.2) is 9.84 Å². The fourth-order valence-corrected chi connectivity index (χ4v) is 3.11. The molecule has 0 bridgehead atoms. The van der Waals surface area contributed by atoms with Crippen molar-refractivity contribution in [3.05, 3.63) is 65.7 Å². The minimum absolute atomic E-state index is 0.0940. The first-order valence-electron chi connectivity index (χ1n) is 7.73. The van der Waals surface area contributed by atoms with Crippen LogP contribution in [0.5, 0.6) is 0 Å². The van der Waals surface area contributed by atoms with Crippen LogP contribution in [-0.2, 0) is 19.4 Å². The predicted molar refractivity (Wildman–Crippen MR) is 95.8 cm³/mol. The quantitative estimate of drug-likeness (QED) is 0.773. The lowest BCUT2D eigenvalue weighted by molar-refractivity contribution is -0.123. The maximum absolute atomic E-state index is 12.3. The van der Waals surface area contributed by atoms with Gasteiger partial charge in [-0.25, -0.2) is 8.42 Å². The third-order valence-corrected chi connectivity index (χ3v) is 4.83. The number of sulfone groups is 1. The molecule has 25 heavy (non-hydrogen) atoms. The Bertz CT molecular complexity index is 822. The molecule has 3 N–H and O–H groups in total. The van der Waals surface area contributed by atoms with Crippen LogP contribution in [0.2, 0.25) is 0 Å². The summed E-state index contributed by atoms with van der Waals surface area (Å²) in [4.78, 5) is 12.5. The smallest absolute Gasteiger partial charge is 0.240 e. The van der Waals surface area contributed by atoms with Crippen LogP contribution in [0.3, 0.4) is 0 Å². The summed E-state index contributed by atoms with van der Waals surface area (Å²) in [6.45, 7) is 0.0940. The maximum atomic E-state index is 12.3. The summed E-state index contributed by atoms with van der Waals surface area (Å²) in [6.07, 6.45) is 1.15. The number of hydrogen-bond donors (Lipinski definition) is 2. The van der Waals surface area contributed by atoms with Crippen molar-refractivity contribution in [1.82, 2.24) is 5.32 Å². The van der Waals surface area contributed by atoms with Gasteiger partial charge in [-0.1, -0.05) is 42.5 Å². The fourth-order valence-electron chi connectivity index (χ4n) is 2.43. The third kappa shape index (κ3) is 5.12. The molecular weight excluding hydrogens is 340 g/mol. The van der Waals surface area contributed by atoms with Crippen LogP contribution in [0, 0.1) is 0 Å². The number of amides is 1. The van der Waals surface area contributed by atoms with E-state index in [0.29, 0.717) is 5.56 Å². The molecule has 0 aliphatic heterocycles. The zero-order valence-corrected chi connectivity index (χ0v) is 15.0. The Labute approximate surface area is 147 Å². The molecule has 2 unspecified atom stereocenters. The highest BCUT2D eigenvalue weighted by Crippen LogP contribution is 2.24. The average molecular weight is 362 g/mol. The van der Waals surface area contributed by atoms with Gasteiger partial charge in [-0.3, -0.25) is 4.79 Å². The molecular formula is C18H22N2O4S. The van der Waals surface area contributed by atoms with E-state index in [2.05, 4.69) is 5.32 Å². The Morgan fingerprint density at radius 2 is 1.76 bits per heavy atom. The number of methoxy groups -OCH3 is 1. The molecule has 0 aliphatic carbocycles. The van der Waals surface area contributed by atoms with E-state index in [1.54, 1.807) is 18.2 Å². The second-order valence-corrected chi connectivity index (χ2v) is 7.77. The molecule has 0 fully saturated rings. The maximum Gasteiger partial charge on any atom is 0.240 e. The van der Waals surface area contributed by atoms with E-state index in [0.717, 1.165) is 11.8 Å². The summed E-state index contributed by atoms with van der Waals surface area (Å²) in [5.74, 6) is -0.375. The molecule has 0 aliphatic rings. The van der Waals surface area contributed by atoms with E-state index in [4.69, 9.17) is 10.5 Å². The molecule has 0 heterocycles. The first kappa shape index (κ1) is 19.1. The molecule has 6 nitrogen and oxygen atoms in total. The Morgan fingerprint density at radius 1 is 1.12 bits per heavy atom. The molecule has 0 spiro atoms. The third-order valence-electron chi connectivity index (χ3n) is 3.72. The van der Waals surface area contributed by atoms with Crippen LogP contribution in [0.25, 0.3) is 0 Å². The van der Waals surface area contributed by atoms with Gasteiger partial charge in [-0.05, 0) is 23.3 Å². The summed E-state index contributed by atoms with van der Waals surface area (Å²) in [5, 5.41) is 2.87. The van der Waals surface area contributed by atoms with Gasteiger partial charge >= 0.3 is 0 Å². The van der Waals surface area contributed by atoms with Gasteiger partial charge in [0.1, 0.15) is 6.04 Å². The van der Waals surface area contributed by atoms with Crippen LogP contribution in [0.1, 0.15) is 17.2 Å². The Hall–Kier alpha value is -2.22. The minimum Gasteiger partial charge on any atom is -0.383 e. The Morgan fingerprint density at radius 3 is 2.36 bits per heavy atom. The molecule has 134 valence electrons. The van der Waals surface area contributed by atoms with Crippen molar-refractivity contribution in [3.8, 4) is 0 Å². The monoisotopic (exact) mass is 362 g/mol. The predicted octanol–water partition coefficient (Wildman–Crippen LogP) is 1.27. The first-order valence-corrected chi connectivity index (χ1v) is 9.62. The zero-order chi connectivity index (χ0) is 18.4. The van der Waals surface area contributed by atoms with Crippen molar-refractivity contribution < 1.29 is 17.9 Å². The zero-order valence-electron chi connectivity index (χ0n) is 14.2. The van der Waals surface area contributed by atoms with Gasteiger partial charge in [0, 0.05) is 13.4 Å². The van der Waals surface area contributed by atoms with Crippen molar-refractivity contribution in [1.29, 1.82) is 0 Å². The number of nitrogens with two attached hydrogens (primary N) is 1. The van der Waals surface area contributed by atoms with Crippen LogP contribution in [0.15, 0.2) is 59.5 Å². The number of carbonyl (C=O) groups excluding carboxylic acids is 1. The lowest BCUT2D eigenvalue weighted by Gasteiger charge is -2.22. The second kappa shape index (κ2) is 8.24. The highest BCUT2D eigenvalue weighted by atomic mass is 32.2. The summed E-state index contributed by atoms with van der Waals surface area (Å²) < 4.78 is 28.6. The summed E-state index contributed by atoms with van der Waals surface area (Å²) in [7, 11) is -1.88. The normalized spacial score (nSPS) is 13.9. The largest absolute Gasteiger partial charge is 0.383 e. The topological polar surface area (TPSA) is 98.5 Å². The van der Waals surface area contributed by atoms with E-state index in [1.165, 1.54) is 13.2 Å². The number of ether oxygens (including phenoxy) is 1. The number of rotatable bonds is 7. The molecule has 7 heteroatoms. The minimum atomic E-state index is -3.35. The first-order chi connectivity index (χ1) is 11.8. The Kier molecular flexibility index (Phi) is 6.30. The lowest BCUT2D eigenvalue weighted by atomic mass is 9.98. The van der Waals surface area contributed by atoms with Crippen molar-refractivity contribution in [2.45, 2.75) is 17.0 Å². The summed E-state index contributed by atoms with van der Waals surface area (Å²) in [6, 6.07) is 14.5. The molecule has 2 atom stereocenters. The van der Waals surface area contributed by atoms with E-state index in [9.17, 15) is 13.2 Å². The molecule has 0 saturated heterocycles. The van der Waals surface area contributed by atoms with Gasteiger partial charge in [-0.2, -0.15) is 0 Å². The van der Waals surface area contributed by atoms with E-state index in [-0.39, 0.29) is 17.4 Å². The van der Waals surface area contributed by atoms with Gasteiger partial charge in [0.05, 0.1) is 17.5 Å². The number of hydrogen-bond acceptors (Lipinski definition) is 5. The molecule has 2 aromatic rings.